The number of rotatable bonds is 1. The first kappa shape index (κ1) is 13.8. The van der Waals surface area contributed by atoms with E-state index in [0.29, 0.717) is 5.58 Å². The molecule has 0 fully saturated rings. The lowest BCUT2D eigenvalue weighted by atomic mass is 9.85. The molecule has 1 N–H and O–H groups in total. The zero-order chi connectivity index (χ0) is 16.1. The number of benzene rings is 1. The summed E-state index contributed by atoms with van der Waals surface area (Å²) in [7, 11) is 0. The van der Waals surface area contributed by atoms with Crippen LogP contribution in [0.15, 0.2) is 33.5 Å². The Bertz CT molecular complexity index is 999. The number of hydrogen-bond acceptors (Lipinski definition) is 5. The van der Waals surface area contributed by atoms with Gasteiger partial charge in [-0.2, -0.15) is 0 Å². The van der Waals surface area contributed by atoms with Crippen molar-refractivity contribution in [2.24, 2.45) is 0 Å². The second kappa shape index (κ2) is 4.81. The molecule has 1 aliphatic heterocycles. The zero-order valence-electron chi connectivity index (χ0n) is 12.7. The van der Waals surface area contributed by atoms with Gasteiger partial charge >= 0.3 is 11.6 Å². The number of hydrogen-bond donors (Lipinski definition) is 1. The van der Waals surface area contributed by atoms with Crippen molar-refractivity contribution in [3.63, 3.8) is 0 Å². The summed E-state index contributed by atoms with van der Waals surface area (Å²) in [6, 6.07) is 7.09. The lowest BCUT2D eigenvalue weighted by Gasteiger charge is -2.22. The smallest absolute Gasteiger partial charge is 0.336 e. The molecule has 1 aromatic carbocycles. The average Bonchev–Trinajstić information content (AvgIpc) is 2.87. The van der Waals surface area contributed by atoms with Gasteiger partial charge in [0.05, 0.1) is 6.42 Å². The SMILES string of the molecule is Cc1ccc2oc(=O)cc(C3CC(=O)Oc4n[nH]c(C)c43)c2c1. The summed E-state index contributed by atoms with van der Waals surface area (Å²) in [5.41, 5.74) is 3.54. The maximum atomic E-state index is 11.9. The van der Waals surface area contributed by atoms with Gasteiger partial charge in [0.2, 0.25) is 5.88 Å². The fourth-order valence-electron chi connectivity index (χ4n) is 3.18. The minimum absolute atomic E-state index is 0.167. The summed E-state index contributed by atoms with van der Waals surface area (Å²) in [5, 5.41) is 7.71. The number of carbonyl (C=O) groups is 1. The molecular weight excluding hydrogens is 296 g/mol. The average molecular weight is 310 g/mol. The van der Waals surface area contributed by atoms with Gasteiger partial charge in [0, 0.05) is 28.6 Å². The number of H-pyrrole nitrogens is 1. The number of esters is 1. The normalized spacial score (nSPS) is 17.1. The Morgan fingerprint density at radius 2 is 2.04 bits per heavy atom. The van der Waals surface area contributed by atoms with E-state index in [1.54, 1.807) is 6.07 Å². The van der Waals surface area contributed by atoms with Gasteiger partial charge in [0.1, 0.15) is 5.58 Å². The molecule has 3 aromatic rings. The van der Waals surface area contributed by atoms with E-state index in [2.05, 4.69) is 10.2 Å². The van der Waals surface area contributed by atoms with Crippen LogP contribution in [0.2, 0.25) is 0 Å². The first-order chi connectivity index (χ1) is 11.0. The number of aryl methyl sites for hydroxylation is 2. The maximum absolute atomic E-state index is 11.9. The van der Waals surface area contributed by atoms with Crippen molar-refractivity contribution < 1.29 is 13.9 Å². The van der Waals surface area contributed by atoms with E-state index in [9.17, 15) is 9.59 Å². The highest BCUT2D eigenvalue weighted by atomic mass is 16.5. The molecule has 6 nitrogen and oxygen atoms in total. The van der Waals surface area contributed by atoms with Crippen molar-refractivity contribution in [3.05, 3.63) is 57.1 Å². The molecule has 0 bridgehead atoms. The number of carbonyl (C=O) groups excluding carboxylic acids is 1. The molecule has 1 aliphatic rings. The molecular formula is C17H14N2O4. The predicted molar refractivity (Wildman–Crippen MR) is 82.6 cm³/mol. The summed E-state index contributed by atoms with van der Waals surface area (Å²) in [4.78, 5) is 23.9. The van der Waals surface area contributed by atoms with Crippen LogP contribution in [-0.2, 0) is 4.79 Å². The van der Waals surface area contributed by atoms with E-state index in [0.717, 1.165) is 27.8 Å². The largest absolute Gasteiger partial charge is 0.423 e. The van der Waals surface area contributed by atoms with Gasteiger partial charge in [-0.3, -0.25) is 9.89 Å². The van der Waals surface area contributed by atoms with Crippen LogP contribution in [0, 0.1) is 13.8 Å². The van der Waals surface area contributed by atoms with Crippen molar-refractivity contribution in [2.45, 2.75) is 26.2 Å². The number of ether oxygens (including phenoxy) is 1. The van der Waals surface area contributed by atoms with Crippen molar-refractivity contribution in [1.29, 1.82) is 0 Å². The highest BCUT2D eigenvalue weighted by Crippen LogP contribution is 2.41. The molecule has 0 aliphatic carbocycles. The van der Waals surface area contributed by atoms with E-state index >= 15 is 0 Å². The van der Waals surface area contributed by atoms with Crippen LogP contribution in [-0.4, -0.2) is 16.2 Å². The summed E-state index contributed by atoms with van der Waals surface area (Å²) in [6.45, 7) is 3.84. The van der Waals surface area contributed by atoms with Crippen LogP contribution in [0.25, 0.3) is 11.0 Å². The van der Waals surface area contributed by atoms with Gasteiger partial charge in [0.15, 0.2) is 0 Å². The Balaban J connectivity index is 2.03. The maximum Gasteiger partial charge on any atom is 0.336 e. The minimum atomic E-state index is -0.432. The molecule has 2 aromatic heterocycles. The third-order valence-electron chi connectivity index (χ3n) is 4.19. The Hall–Kier alpha value is -2.89. The molecule has 6 heteroatoms. The Morgan fingerprint density at radius 3 is 2.87 bits per heavy atom. The number of aromatic nitrogens is 2. The lowest BCUT2D eigenvalue weighted by Crippen LogP contribution is -2.22. The second-order valence-corrected chi connectivity index (χ2v) is 5.82. The second-order valence-electron chi connectivity index (χ2n) is 5.82. The molecule has 0 spiro atoms. The van der Waals surface area contributed by atoms with E-state index in [1.165, 1.54) is 6.07 Å². The topological polar surface area (TPSA) is 85.2 Å². The van der Waals surface area contributed by atoms with Crippen LogP contribution in [0.5, 0.6) is 5.88 Å². The quantitative estimate of drug-likeness (QED) is 0.551. The highest BCUT2D eigenvalue weighted by Gasteiger charge is 2.33. The number of nitrogens with one attached hydrogen (secondary N) is 1. The summed E-state index contributed by atoms with van der Waals surface area (Å²) >= 11 is 0. The Kier molecular flexibility index (Phi) is 2.87. The van der Waals surface area contributed by atoms with Crippen molar-refractivity contribution >= 4 is 16.9 Å². The first-order valence-corrected chi connectivity index (χ1v) is 7.33. The van der Waals surface area contributed by atoms with Gasteiger partial charge in [0.25, 0.3) is 0 Å². The Morgan fingerprint density at radius 1 is 1.22 bits per heavy atom. The summed E-state index contributed by atoms with van der Waals surface area (Å²) in [6.07, 6.45) is 0.167. The fourth-order valence-corrected chi connectivity index (χ4v) is 3.18. The Labute approximate surface area is 131 Å². The molecule has 0 saturated carbocycles. The van der Waals surface area contributed by atoms with Crippen molar-refractivity contribution in [3.8, 4) is 5.88 Å². The molecule has 1 unspecified atom stereocenters. The molecule has 4 rings (SSSR count). The van der Waals surface area contributed by atoms with E-state index in [4.69, 9.17) is 9.15 Å². The first-order valence-electron chi connectivity index (χ1n) is 7.33. The molecule has 0 radical (unpaired) electrons. The molecule has 0 amide bonds. The zero-order valence-corrected chi connectivity index (χ0v) is 12.7. The highest BCUT2D eigenvalue weighted by molar-refractivity contribution is 5.85. The van der Waals surface area contributed by atoms with Gasteiger partial charge in [-0.25, -0.2) is 4.79 Å². The third-order valence-corrected chi connectivity index (χ3v) is 4.19. The van der Waals surface area contributed by atoms with E-state index < -0.39 is 5.63 Å². The van der Waals surface area contributed by atoms with Gasteiger partial charge in [-0.05, 0) is 31.5 Å². The van der Waals surface area contributed by atoms with Crippen molar-refractivity contribution in [1.82, 2.24) is 10.2 Å². The van der Waals surface area contributed by atoms with Gasteiger partial charge < -0.3 is 9.15 Å². The fraction of sp³-hybridized carbons (Fsp3) is 0.235. The van der Waals surface area contributed by atoms with E-state index in [1.807, 2.05) is 26.0 Å². The summed E-state index contributed by atoms with van der Waals surface area (Å²) in [5.74, 6) is -0.348. The number of fused-ring (bicyclic) bond motifs is 2. The third kappa shape index (κ3) is 2.14. The van der Waals surface area contributed by atoms with E-state index in [-0.39, 0.29) is 24.2 Å². The predicted octanol–water partition coefficient (Wildman–Crippen LogP) is 2.57. The minimum Gasteiger partial charge on any atom is -0.423 e. The number of aromatic amines is 1. The van der Waals surface area contributed by atoms with Crippen LogP contribution in [0.1, 0.15) is 34.7 Å². The van der Waals surface area contributed by atoms with Gasteiger partial charge in [-0.1, -0.05) is 11.6 Å². The molecule has 3 heterocycles. The van der Waals surface area contributed by atoms with Crippen LogP contribution in [0.3, 0.4) is 0 Å². The lowest BCUT2D eigenvalue weighted by molar-refractivity contribution is -0.135. The molecule has 1 atom stereocenters. The summed E-state index contributed by atoms with van der Waals surface area (Å²) < 4.78 is 10.5. The molecule has 0 saturated heterocycles. The molecule has 23 heavy (non-hydrogen) atoms. The van der Waals surface area contributed by atoms with Gasteiger partial charge in [-0.15, -0.1) is 5.10 Å². The van der Waals surface area contributed by atoms with Crippen molar-refractivity contribution in [2.75, 3.05) is 0 Å². The van der Waals surface area contributed by atoms with Crippen LogP contribution in [0.4, 0.5) is 0 Å². The monoisotopic (exact) mass is 310 g/mol. The number of nitrogens with zero attached hydrogens (tertiary/aromatic N) is 1. The van der Waals surface area contributed by atoms with Crippen LogP contribution < -0.4 is 10.4 Å². The molecule has 116 valence electrons. The van der Waals surface area contributed by atoms with Crippen LogP contribution >= 0.6 is 0 Å². The standard InChI is InChI=1S/C17H14N2O4/c1-8-3-4-13-11(5-8)10(6-14(20)22-13)12-7-15(21)23-17-16(12)9(2)18-19-17/h3-6,12H,7H2,1-2H3,(H,18,19).